The van der Waals surface area contributed by atoms with Crippen molar-refractivity contribution in [2.24, 2.45) is 0 Å². The van der Waals surface area contributed by atoms with Crippen LogP contribution in [0.1, 0.15) is 23.6 Å². The summed E-state index contributed by atoms with van der Waals surface area (Å²) in [5, 5.41) is 8.96. The third-order valence-corrected chi connectivity index (χ3v) is 6.23. The summed E-state index contributed by atoms with van der Waals surface area (Å²) in [6.45, 7) is 3.43. The van der Waals surface area contributed by atoms with Gasteiger partial charge in [0.05, 0.1) is 30.8 Å². The fourth-order valence-electron chi connectivity index (χ4n) is 4.62. The number of aromatic nitrogens is 4. The van der Waals surface area contributed by atoms with Gasteiger partial charge < -0.3 is 15.0 Å². The Balaban J connectivity index is 1.26. The molecule has 7 nitrogen and oxygen atoms in total. The van der Waals surface area contributed by atoms with E-state index in [1.807, 2.05) is 12.4 Å². The van der Waals surface area contributed by atoms with Gasteiger partial charge in [-0.3, -0.25) is 0 Å². The molecule has 3 heterocycles. The van der Waals surface area contributed by atoms with Crippen LogP contribution < -0.4 is 10.2 Å². The van der Waals surface area contributed by atoms with Crippen LogP contribution in [-0.4, -0.2) is 46.1 Å². The highest BCUT2D eigenvalue weighted by Crippen LogP contribution is 2.35. The molecule has 1 aliphatic heterocycles. The summed E-state index contributed by atoms with van der Waals surface area (Å²) in [6.07, 6.45) is 5.83. The van der Waals surface area contributed by atoms with Gasteiger partial charge in [-0.15, -0.1) is 0 Å². The molecule has 2 aromatic heterocycles. The Labute approximate surface area is 180 Å². The molecule has 156 valence electrons. The predicted octanol–water partition coefficient (Wildman–Crippen LogP) is 3.94. The Morgan fingerprint density at radius 1 is 0.968 bits per heavy atom. The fraction of sp³-hybridized carbons (Fsp3) is 0.292. The molecule has 1 fully saturated rings. The average Bonchev–Trinajstić information content (AvgIpc) is 3.44. The van der Waals surface area contributed by atoms with E-state index in [1.165, 1.54) is 16.8 Å². The molecule has 1 saturated heterocycles. The highest BCUT2D eigenvalue weighted by molar-refractivity contribution is 5.75. The summed E-state index contributed by atoms with van der Waals surface area (Å²) in [5.41, 5.74) is 5.80. The van der Waals surface area contributed by atoms with E-state index in [2.05, 4.69) is 73.5 Å². The fourth-order valence-corrected chi connectivity index (χ4v) is 4.62. The molecule has 6 rings (SSSR count). The second kappa shape index (κ2) is 7.67. The van der Waals surface area contributed by atoms with Crippen molar-refractivity contribution >= 4 is 28.4 Å². The molecule has 4 aromatic rings. The Morgan fingerprint density at radius 3 is 2.68 bits per heavy atom. The second-order valence-electron chi connectivity index (χ2n) is 8.09. The molecule has 1 atom stereocenters. The lowest BCUT2D eigenvalue weighted by atomic mass is 10.1. The maximum atomic E-state index is 5.44. The molecule has 0 saturated carbocycles. The lowest BCUT2D eigenvalue weighted by Crippen LogP contribution is -2.36. The van der Waals surface area contributed by atoms with E-state index in [-0.39, 0.29) is 6.04 Å². The van der Waals surface area contributed by atoms with E-state index in [1.54, 1.807) is 0 Å². The normalized spacial score (nSPS) is 18.3. The van der Waals surface area contributed by atoms with E-state index in [4.69, 9.17) is 9.72 Å². The standard InChI is InChI=1S/C24H24N6O/c1-2-4-21-17(3-1)5-10-22(21)30-23-18(16-26-30)15-25-24(28-23)27-19-6-8-20(9-7-19)29-11-13-31-14-12-29/h1-4,6-9,15-16,22H,5,10-14H2,(H,25,27,28). The Hall–Kier alpha value is -3.45. The largest absolute Gasteiger partial charge is 0.378 e. The number of nitrogens with one attached hydrogen (secondary N) is 1. The van der Waals surface area contributed by atoms with Crippen LogP contribution in [0, 0.1) is 0 Å². The van der Waals surface area contributed by atoms with Crippen molar-refractivity contribution in [1.29, 1.82) is 0 Å². The zero-order valence-corrected chi connectivity index (χ0v) is 17.2. The molecule has 2 aromatic carbocycles. The van der Waals surface area contributed by atoms with Gasteiger partial charge in [-0.05, 0) is 48.2 Å². The summed E-state index contributed by atoms with van der Waals surface area (Å²) >= 11 is 0. The van der Waals surface area contributed by atoms with E-state index >= 15 is 0 Å². The molecule has 2 aliphatic rings. The van der Waals surface area contributed by atoms with Crippen LogP contribution in [0.5, 0.6) is 0 Å². The summed E-state index contributed by atoms with van der Waals surface area (Å²) in [5.74, 6) is 0.583. The number of morpholine rings is 1. The third kappa shape index (κ3) is 3.41. The summed E-state index contributed by atoms with van der Waals surface area (Å²) in [7, 11) is 0. The van der Waals surface area contributed by atoms with Gasteiger partial charge in [0.25, 0.3) is 0 Å². The van der Waals surface area contributed by atoms with Gasteiger partial charge in [0.15, 0.2) is 5.65 Å². The molecule has 7 heteroatoms. The highest BCUT2D eigenvalue weighted by Gasteiger charge is 2.26. The van der Waals surface area contributed by atoms with Gasteiger partial charge in [0.2, 0.25) is 5.95 Å². The number of benzene rings is 2. The molecule has 1 aliphatic carbocycles. The predicted molar refractivity (Wildman–Crippen MR) is 121 cm³/mol. The number of hydrogen-bond donors (Lipinski definition) is 1. The first-order valence-electron chi connectivity index (χ1n) is 10.8. The Morgan fingerprint density at radius 2 is 1.81 bits per heavy atom. The van der Waals surface area contributed by atoms with Crippen molar-refractivity contribution in [3.63, 3.8) is 0 Å². The van der Waals surface area contributed by atoms with E-state index < -0.39 is 0 Å². The van der Waals surface area contributed by atoms with Gasteiger partial charge in [0.1, 0.15) is 0 Å². The number of aryl methyl sites for hydroxylation is 1. The maximum Gasteiger partial charge on any atom is 0.229 e. The summed E-state index contributed by atoms with van der Waals surface area (Å²) in [4.78, 5) is 11.6. The molecule has 0 bridgehead atoms. The van der Waals surface area contributed by atoms with E-state index in [9.17, 15) is 0 Å². The lowest BCUT2D eigenvalue weighted by Gasteiger charge is -2.28. The van der Waals surface area contributed by atoms with E-state index in [0.717, 1.165) is 55.9 Å². The van der Waals surface area contributed by atoms with Crippen LogP contribution in [0.4, 0.5) is 17.3 Å². The van der Waals surface area contributed by atoms with Crippen LogP contribution in [0.3, 0.4) is 0 Å². The molecule has 0 amide bonds. The zero-order chi connectivity index (χ0) is 20.6. The zero-order valence-electron chi connectivity index (χ0n) is 17.2. The van der Waals surface area contributed by atoms with E-state index in [0.29, 0.717) is 5.95 Å². The molecular formula is C24H24N6O. The molecule has 1 N–H and O–H groups in total. The van der Waals surface area contributed by atoms with Crippen molar-refractivity contribution in [1.82, 2.24) is 19.7 Å². The average molecular weight is 412 g/mol. The van der Waals surface area contributed by atoms with Gasteiger partial charge in [-0.25, -0.2) is 9.67 Å². The SMILES string of the molecule is c1ccc2c(c1)CCC2n1ncc2cnc(Nc3ccc(N4CCOCC4)cc3)nc21. The smallest absolute Gasteiger partial charge is 0.229 e. The summed E-state index contributed by atoms with van der Waals surface area (Å²) in [6, 6.07) is 17.3. The molecule has 0 spiro atoms. The number of rotatable bonds is 4. The maximum absolute atomic E-state index is 5.44. The first-order valence-corrected chi connectivity index (χ1v) is 10.8. The Kier molecular flexibility index (Phi) is 4.53. The minimum absolute atomic E-state index is 0.226. The topological polar surface area (TPSA) is 68.1 Å². The van der Waals surface area contributed by atoms with Crippen LogP contribution in [0.15, 0.2) is 60.9 Å². The Bertz CT molecular complexity index is 1210. The minimum atomic E-state index is 0.226. The van der Waals surface area contributed by atoms with Crippen LogP contribution in [0.25, 0.3) is 11.0 Å². The molecular weight excluding hydrogens is 388 g/mol. The van der Waals surface area contributed by atoms with Crippen LogP contribution >= 0.6 is 0 Å². The first-order chi connectivity index (χ1) is 15.3. The molecule has 0 radical (unpaired) electrons. The molecule has 1 unspecified atom stereocenters. The first kappa shape index (κ1) is 18.3. The van der Waals surface area contributed by atoms with Crippen LogP contribution in [-0.2, 0) is 11.2 Å². The minimum Gasteiger partial charge on any atom is -0.378 e. The highest BCUT2D eigenvalue weighted by atomic mass is 16.5. The van der Waals surface area contributed by atoms with Crippen molar-refractivity contribution in [2.75, 3.05) is 36.5 Å². The lowest BCUT2D eigenvalue weighted by molar-refractivity contribution is 0.122. The summed E-state index contributed by atoms with van der Waals surface area (Å²) < 4.78 is 7.49. The quantitative estimate of drug-likeness (QED) is 0.548. The van der Waals surface area contributed by atoms with Gasteiger partial charge in [0, 0.05) is 30.7 Å². The van der Waals surface area contributed by atoms with Crippen molar-refractivity contribution < 1.29 is 4.74 Å². The van der Waals surface area contributed by atoms with Gasteiger partial charge >= 0.3 is 0 Å². The van der Waals surface area contributed by atoms with Crippen LogP contribution in [0.2, 0.25) is 0 Å². The van der Waals surface area contributed by atoms with Gasteiger partial charge in [-0.1, -0.05) is 24.3 Å². The number of hydrogen-bond acceptors (Lipinski definition) is 6. The third-order valence-electron chi connectivity index (χ3n) is 6.23. The van der Waals surface area contributed by atoms with Crippen molar-refractivity contribution in [3.05, 3.63) is 72.1 Å². The second-order valence-corrected chi connectivity index (χ2v) is 8.09. The van der Waals surface area contributed by atoms with Gasteiger partial charge in [-0.2, -0.15) is 10.1 Å². The number of anilines is 3. The van der Waals surface area contributed by atoms with Crippen molar-refractivity contribution in [3.8, 4) is 0 Å². The number of ether oxygens (including phenoxy) is 1. The monoisotopic (exact) mass is 412 g/mol. The van der Waals surface area contributed by atoms with Crippen molar-refractivity contribution in [2.45, 2.75) is 18.9 Å². The number of nitrogens with zero attached hydrogens (tertiary/aromatic N) is 5. The number of fused-ring (bicyclic) bond motifs is 2. The molecule has 31 heavy (non-hydrogen) atoms.